The molecule has 6 heteroatoms. The molecule has 0 spiro atoms. The fraction of sp³-hybridized carbons (Fsp3) is 0.182. The fourth-order valence-corrected chi connectivity index (χ4v) is 1.51. The molecule has 0 fully saturated rings. The number of hydrogen-bond donors (Lipinski definition) is 1. The van der Waals surface area contributed by atoms with Crippen molar-refractivity contribution >= 4 is 11.8 Å². The van der Waals surface area contributed by atoms with Crippen LogP contribution in [0.1, 0.15) is 10.5 Å². The van der Waals surface area contributed by atoms with Crippen molar-refractivity contribution in [3.05, 3.63) is 30.2 Å². The van der Waals surface area contributed by atoms with Gasteiger partial charge in [0.05, 0.1) is 7.11 Å². The Morgan fingerprint density at radius 3 is 2.94 bits per heavy atom. The minimum absolute atomic E-state index is 0.387. The summed E-state index contributed by atoms with van der Waals surface area (Å²) in [5.41, 5.74) is 6.74. The number of rotatable bonds is 2. The Hall–Kier alpha value is -2.37. The molecule has 2 N–H and O–H groups in total. The second-order valence-electron chi connectivity index (χ2n) is 3.52. The van der Waals surface area contributed by atoms with E-state index in [0.29, 0.717) is 17.3 Å². The van der Waals surface area contributed by atoms with Crippen molar-refractivity contribution in [1.82, 2.24) is 14.5 Å². The van der Waals surface area contributed by atoms with Crippen molar-refractivity contribution < 1.29 is 9.53 Å². The second-order valence-corrected chi connectivity index (χ2v) is 3.52. The van der Waals surface area contributed by atoms with Crippen LogP contribution in [0.4, 0.5) is 5.82 Å². The van der Waals surface area contributed by atoms with Gasteiger partial charge in [-0.25, -0.2) is 14.8 Å². The van der Waals surface area contributed by atoms with Crippen LogP contribution in [0.3, 0.4) is 0 Å². The highest BCUT2D eigenvalue weighted by molar-refractivity contribution is 5.89. The predicted octanol–water partition coefficient (Wildman–Crippen LogP) is 0.851. The third kappa shape index (κ3) is 2.10. The molecule has 0 radical (unpaired) electrons. The fourth-order valence-electron chi connectivity index (χ4n) is 1.51. The Morgan fingerprint density at radius 2 is 2.29 bits per heavy atom. The number of carbonyl (C=O) groups is 1. The molecule has 6 nitrogen and oxygen atoms in total. The Balaban J connectivity index is 2.44. The maximum absolute atomic E-state index is 11.4. The first-order valence-electron chi connectivity index (χ1n) is 4.95. The second kappa shape index (κ2) is 4.25. The number of aryl methyl sites for hydroxylation is 1. The first-order valence-corrected chi connectivity index (χ1v) is 4.95. The molecular formula is C11H12N4O2. The lowest BCUT2D eigenvalue weighted by molar-refractivity contribution is 0.0590. The zero-order valence-electron chi connectivity index (χ0n) is 9.54. The van der Waals surface area contributed by atoms with E-state index in [9.17, 15) is 4.79 Å². The third-order valence-electron chi connectivity index (χ3n) is 2.33. The summed E-state index contributed by atoms with van der Waals surface area (Å²) >= 11 is 0. The Morgan fingerprint density at radius 1 is 1.53 bits per heavy atom. The summed E-state index contributed by atoms with van der Waals surface area (Å²) < 4.78 is 6.33. The summed E-state index contributed by atoms with van der Waals surface area (Å²) in [6, 6.07) is 3.27. The van der Waals surface area contributed by atoms with E-state index in [2.05, 4.69) is 14.7 Å². The van der Waals surface area contributed by atoms with Crippen molar-refractivity contribution in [2.24, 2.45) is 7.05 Å². The maximum atomic E-state index is 11.4. The molecule has 2 aromatic rings. The average Bonchev–Trinajstić information content (AvgIpc) is 2.70. The van der Waals surface area contributed by atoms with E-state index in [-0.39, 0.29) is 0 Å². The normalized spacial score (nSPS) is 10.2. The Kier molecular flexibility index (Phi) is 2.78. The third-order valence-corrected chi connectivity index (χ3v) is 2.33. The molecule has 0 aliphatic rings. The van der Waals surface area contributed by atoms with Crippen molar-refractivity contribution in [3.8, 4) is 11.4 Å². The Labute approximate surface area is 98.1 Å². The number of nitrogens with zero attached hydrogens (tertiary/aromatic N) is 3. The van der Waals surface area contributed by atoms with Crippen LogP contribution in [0.5, 0.6) is 0 Å². The summed E-state index contributed by atoms with van der Waals surface area (Å²) in [7, 11) is 3.09. The van der Waals surface area contributed by atoms with Gasteiger partial charge in [-0.1, -0.05) is 0 Å². The predicted molar refractivity (Wildman–Crippen MR) is 62.2 cm³/mol. The van der Waals surface area contributed by atoms with Crippen LogP contribution in [0, 0.1) is 0 Å². The van der Waals surface area contributed by atoms with E-state index in [1.54, 1.807) is 36.1 Å². The van der Waals surface area contributed by atoms with Gasteiger partial charge in [0.1, 0.15) is 11.5 Å². The number of ether oxygens (including phenoxy) is 1. The highest BCUT2D eigenvalue weighted by Gasteiger charge is 2.14. The number of anilines is 1. The number of nitrogen functional groups attached to an aromatic ring is 1. The molecule has 0 saturated carbocycles. The number of carbonyl (C=O) groups excluding carboxylic acids is 1. The minimum Gasteiger partial charge on any atom is -0.464 e. The number of aromatic nitrogens is 3. The summed E-state index contributed by atoms with van der Waals surface area (Å²) in [5.74, 6) is 0.469. The number of esters is 1. The van der Waals surface area contributed by atoms with Crippen LogP contribution in [0.25, 0.3) is 11.4 Å². The monoisotopic (exact) mass is 232 g/mol. The van der Waals surface area contributed by atoms with Crippen LogP contribution < -0.4 is 5.73 Å². The summed E-state index contributed by atoms with van der Waals surface area (Å²) in [4.78, 5) is 19.6. The van der Waals surface area contributed by atoms with E-state index in [0.717, 1.165) is 5.56 Å². The van der Waals surface area contributed by atoms with E-state index in [4.69, 9.17) is 5.73 Å². The number of hydrogen-bond acceptors (Lipinski definition) is 5. The van der Waals surface area contributed by atoms with Crippen molar-refractivity contribution in [1.29, 1.82) is 0 Å². The molecule has 0 amide bonds. The molecule has 0 saturated heterocycles. The van der Waals surface area contributed by atoms with Crippen molar-refractivity contribution in [2.75, 3.05) is 12.8 Å². The standard InChI is InChI=1S/C11H12N4O2/c1-15-6-7(5-8(15)11(16)17-2)10-13-4-3-9(12)14-10/h3-6H,1-2H3,(H2,12,13,14). The molecule has 0 atom stereocenters. The Bertz CT molecular complexity index is 562. The van der Waals surface area contributed by atoms with Gasteiger partial charge in [0, 0.05) is 25.0 Å². The van der Waals surface area contributed by atoms with Crippen LogP contribution in [0.15, 0.2) is 24.5 Å². The van der Waals surface area contributed by atoms with Gasteiger partial charge in [0.15, 0.2) is 5.82 Å². The number of methoxy groups -OCH3 is 1. The van der Waals surface area contributed by atoms with E-state index in [1.165, 1.54) is 7.11 Å². The summed E-state index contributed by atoms with van der Waals surface area (Å²) in [6.45, 7) is 0. The molecular weight excluding hydrogens is 220 g/mol. The first kappa shape index (κ1) is 11.1. The zero-order chi connectivity index (χ0) is 12.4. The smallest absolute Gasteiger partial charge is 0.354 e. The van der Waals surface area contributed by atoms with E-state index in [1.807, 2.05) is 0 Å². The largest absolute Gasteiger partial charge is 0.464 e. The SMILES string of the molecule is COC(=O)c1cc(-c2nccc(N)n2)cn1C. The van der Waals surface area contributed by atoms with Gasteiger partial charge in [0.2, 0.25) is 0 Å². The molecule has 0 aliphatic heterocycles. The van der Waals surface area contributed by atoms with Gasteiger partial charge < -0.3 is 15.0 Å². The van der Waals surface area contributed by atoms with Gasteiger partial charge in [-0.2, -0.15) is 0 Å². The molecule has 0 aromatic carbocycles. The maximum Gasteiger partial charge on any atom is 0.354 e. The van der Waals surface area contributed by atoms with Crippen LogP contribution in [0.2, 0.25) is 0 Å². The molecule has 2 heterocycles. The quantitative estimate of drug-likeness (QED) is 0.776. The molecule has 2 aromatic heterocycles. The van der Waals surface area contributed by atoms with Gasteiger partial charge in [0.25, 0.3) is 0 Å². The lowest BCUT2D eigenvalue weighted by atomic mass is 10.3. The van der Waals surface area contributed by atoms with Gasteiger partial charge in [-0.05, 0) is 12.1 Å². The minimum atomic E-state index is -0.400. The molecule has 0 bridgehead atoms. The topological polar surface area (TPSA) is 83.0 Å². The average molecular weight is 232 g/mol. The van der Waals surface area contributed by atoms with E-state index >= 15 is 0 Å². The molecule has 17 heavy (non-hydrogen) atoms. The molecule has 2 rings (SSSR count). The lowest BCUT2D eigenvalue weighted by Crippen LogP contribution is -2.06. The van der Waals surface area contributed by atoms with Crippen LogP contribution in [-0.4, -0.2) is 27.6 Å². The summed E-state index contributed by atoms with van der Waals surface area (Å²) in [5, 5.41) is 0. The summed E-state index contributed by atoms with van der Waals surface area (Å²) in [6.07, 6.45) is 3.32. The van der Waals surface area contributed by atoms with Crippen LogP contribution >= 0.6 is 0 Å². The van der Waals surface area contributed by atoms with Crippen LogP contribution in [-0.2, 0) is 11.8 Å². The molecule has 0 aliphatic carbocycles. The molecule has 0 unspecified atom stereocenters. The van der Waals surface area contributed by atoms with Crippen molar-refractivity contribution in [2.45, 2.75) is 0 Å². The highest BCUT2D eigenvalue weighted by Crippen LogP contribution is 2.18. The van der Waals surface area contributed by atoms with Gasteiger partial charge in [-0.15, -0.1) is 0 Å². The highest BCUT2D eigenvalue weighted by atomic mass is 16.5. The zero-order valence-corrected chi connectivity index (χ0v) is 9.54. The lowest BCUT2D eigenvalue weighted by Gasteiger charge is -1.98. The van der Waals surface area contributed by atoms with Crippen molar-refractivity contribution in [3.63, 3.8) is 0 Å². The number of nitrogens with two attached hydrogens (primary N) is 1. The van der Waals surface area contributed by atoms with Gasteiger partial charge in [-0.3, -0.25) is 0 Å². The first-order chi connectivity index (χ1) is 8.11. The van der Waals surface area contributed by atoms with E-state index < -0.39 is 5.97 Å². The molecule has 88 valence electrons. The van der Waals surface area contributed by atoms with Gasteiger partial charge >= 0.3 is 5.97 Å².